The number of anilines is 1. The standard InChI is InChI=1S/C16H10FIN2O2/c17-11-3-7-13(8-4-11)20-16(22)14(9-19)15(21)10-1-5-12(18)6-2-10/h1-8,14H,(H,20,22). The lowest BCUT2D eigenvalue weighted by Gasteiger charge is -2.09. The molecule has 2 aromatic carbocycles. The van der Waals surface area contributed by atoms with Crippen molar-refractivity contribution in [3.05, 3.63) is 63.5 Å². The van der Waals surface area contributed by atoms with Crippen LogP contribution in [0.15, 0.2) is 48.5 Å². The molecule has 22 heavy (non-hydrogen) atoms. The fraction of sp³-hybridized carbons (Fsp3) is 0.0625. The zero-order valence-electron chi connectivity index (χ0n) is 11.2. The molecule has 4 nitrogen and oxygen atoms in total. The van der Waals surface area contributed by atoms with Crippen LogP contribution < -0.4 is 5.32 Å². The number of halogens is 2. The summed E-state index contributed by atoms with van der Waals surface area (Å²) in [7, 11) is 0. The molecule has 0 heterocycles. The van der Waals surface area contributed by atoms with Gasteiger partial charge in [-0.1, -0.05) is 12.1 Å². The van der Waals surface area contributed by atoms with Crippen LogP contribution in [0.3, 0.4) is 0 Å². The Labute approximate surface area is 140 Å². The highest BCUT2D eigenvalue weighted by Crippen LogP contribution is 2.15. The summed E-state index contributed by atoms with van der Waals surface area (Å²) in [5, 5.41) is 11.5. The number of carbonyl (C=O) groups excluding carboxylic acids is 2. The number of hydrogen-bond acceptors (Lipinski definition) is 3. The summed E-state index contributed by atoms with van der Waals surface area (Å²) < 4.78 is 13.8. The Morgan fingerprint density at radius 1 is 1.09 bits per heavy atom. The van der Waals surface area contributed by atoms with E-state index in [1.54, 1.807) is 30.3 Å². The number of carbonyl (C=O) groups is 2. The van der Waals surface area contributed by atoms with E-state index in [1.807, 2.05) is 0 Å². The highest BCUT2D eigenvalue weighted by Gasteiger charge is 2.27. The minimum absolute atomic E-state index is 0.293. The van der Waals surface area contributed by atoms with Gasteiger partial charge in [-0.2, -0.15) is 5.26 Å². The summed E-state index contributed by atoms with van der Waals surface area (Å²) in [4.78, 5) is 24.3. The second-order valence-corrected chi connectivity index (χ2v) is 5.68. The molecule has 0 aliphatic rings. The Morgan fingerprint density at radius 2 is 1.68 bits per heavy atom. The first-order valence-electron chi connectivity index (χ1n) is 6.27. The number of nitrogens with zero attached hydrogens (tertiary/aromatic N) is 1. The fourth-order valence-corrected chi connectivity index (χ4v) is 2.12. The minimum atomic E-state index is -1.45. The number of benzene rings is 2. The van der Waals surface area contributed by atoms with Gasteiger partial charge < -0.3 is 5.32 Å². The number of rotatable bonds is 4. The highest BCUT2D eigenvalue weighted by molar-refractivity contribution is 14.1. The van der Waals surface area contributed by atoms with Gasteiger partial charge in [-0.05, 0) is 59.0 Å². The summed E-state index contributed by atoms with van der Waals surface area (Å²) in [5.41, 5.74) is 0.614. The van der Waals surface area contributed by atoms with Crippen molar-refractivity contribution in [3.8, 4) is 6.07 Å². The molecule has 1 N–H and O–H groups in total. The first kappa shape index (κ1) is 16.1. The summed E-state index contributed by atoms with van der Waals surface area (Å²) >= 11 is 2.09. The van der Waals surface area contributed by atoms with E-state index in [2.05, 4.69) is 27.9 Å². The molecule has 0 aliphatic heterocycles. The van der Waals surface area contributed by atoms with E-state index in [9.17, 15) is 14.0 Å². The molecule has 0 aromatic heterocycles. The number of nitriles is 1. The summed E-state index contributed by atoms with van der Waals surface area (Å²) in [6.45, 7) is 0. The first-order chi connectivity index (χ1) is 10.5. The third-order valence-corrected chi connectivity index (χ3v) is 3.61. The van der Waals surface area contributed by atoms with E-state index in [4.69, 9.17) is 5.26 Å². The summed E-state index contributed by atoms with van der Waals surface area (Å²) in [5.74, 6) is -3.20. The van der Waals surface area contributed by atoms with Gasteiger partial charge in [0.1, 0.15) is 5.82 Å². The van der Waals surface area contributed by atoms with Gasteiger partial charge in [-0.3, -0.25) is 9.59 Å². The molecule has 2 aromatic rings. The third kappa shape index (κ3) is 3.89. The zero-order valence-corrected chi connectivity index (χ0v) is 13.4. The molecule has 0 bridgehead atoms. The number of amides is 1. The van der Waals surface area contributed by atoms with Gasteiger partial charge in [0.05, 0.1) is 6.07 Å². The Morgan fingerprint density at radius 3 is 2.23 bits per heavy atom. The van der Waals surface area contributed by atoms with Crippen molar-refractivity contribution in [1.29, 1.82) is 5.26 Å². The normalized spacial score (nSPS) is 11.3. The minimum Gasteiger partial charge on any atom is -0.325 e. The fourth-order valence-electron chi connectivity index (χ4n) is 1.76. The Balaban J connectivity index is 2.15. The first-order valence-corrected chi connectivity index (χ1v) is 7.35. The van der Waals surface area contributed by atoms with E-state index in [0.717, 1.165) is 3.57 Å². The molecule has 2 rings (SSSR count). The van der Waals surface area contributed by atoms with Crippen LogP contribution in [0.4, 0.5) is 10.1 Å². The van der Waals surface area contributed by atoms with Crippen molar-refractivity contribution in [3.63, 3.8) is 0 Å². The van der Waals surface area contributed by atoms with Crippen molar-refractivity contribution in [2.24, 2.45) is 5.92 Å². The maximum absolute atomic E-state index is 12.8. The van der Waals surface area contributed by atoms with Crippen LogP contribution in [0.2, 0.25) is 0 Å². The number of ketones is 1. The topological polar surface area (TPSA) is 70.0 Å². The molecule has 0 spiro atoms. The molecule has 1 unspecified atom stereocenters. The van der Waals surface area contributed by atoms with Gasteiger partial charge in [-0.15, -0.1) is 0 Å². The molecule has 0 aliphatic carbocycles. The van der Waals surface area contributed by atoms with Gasteiger partial charge >= 0.3 is 0 Å². The van der Waals surface area contributed by atoms with Gasteiger partial charge in [-0.25, -0.2) is 4.39 Å². The molecular formula is C16H10FIN2O2. The van der Waals surface area contributed by atoms with Gasteiger partial charge in [0.15, 0.2) is 11.7 Å². The van der Waals surface area contributed by atoms with Crippen LogP contribution in [-0.4, -0.2) is 11.7 Å². The predicted octanol–water partition coefficient (Wildman–Crippen LogP) is 3.39. The van der Waals surface area contributed by atoms with E-state index in [-0.39, 0.29) is 0 Å². The van der Waals surface area contributed by atoms with Gasteiger partial charge in [0.25, 0.3) is 0 Å². The molecular weight excluding hydrogens is 398 g/mol. The van der Waals surface area contributed by atoms with Crippen LogP contribution >= 0.6 is 22.6 Å². The second kappa shape index (κ2) is 7.13. The van der Waals surface area contributed by atoms with Crippen molar-refractivity contribution in [1.82, 2.24) is 0 Å². The lowest BCUT2D eigenvalue weighted by Crippen LogP contribution is -2.28. The molecule has 1 atom stereocenters. The zero-order chi connectivity index (χ0) is 16.1. The molecule has 1 amide bonds. The second-order valence-electron chi connectivity index (χ2n) is 4.43. The maximum Gasteiger partial charge on any atom is 0.249 e. The lowest BCUT2D eigenvalue weighted by molar-refractivity contribution is -0.117. The van der Waals surface area contributed by atoms with Crippen LogP contribution in [-0.2, 0) is 4.79 Å². The van der Waals surface area contributed by atoms with E-state index in [1.165, 1.54) is 24.3 Å². The monoisotopic (exact) mass is 408 g/mol. The van der Waals surface area contributed by atoms with E-state index in [0.29, 0.717) is 11.3 Å². The summed E-state index contributed by atoms with van der Waals surface area (Å²) in [6, 6.07) is 13.4. The molecule has 0 radical (unpaired) electrons. The average molecular weight is 408 g/mol. The van der Waals surface area contributed by atoms with Crippen molar-refractivity contribution < 1.29 is 14.0 Å². The predicted molar refractivity (Wildman–Crippen MR) is 87.6 cm³/mol. The maximum atomic E-state index is 12.8. The van der Waals surface area contributed by atoms with Crippen LogP contribution in [0.25, 0.3) is 0 Å². The molecule has 0 saturated heterocycles. The van der Waals surface area contributed by atoms with Gasteiger partial charge in [0.2, 0.25) is 5.91 Å². The van der Waals surface area contributed by atoms with E-state index >= 15 is 0 Å². The van der Waals surface area contributed by atoms with E-state index < -0.39 is 23.4 Å². The van der Waals surface area contributed by atoms with Crippen LogP contribution in [0, 0.1) is 26.6 Å². The SMILES string of the molecule is N#CC(C(=O)Nc1ccc(F)cc1)C(=O)c1ccc(I)cc1. The van der Waals surface area contributed by atoms with Crippen LogP contribution in [0.1, 0.15) is 10.4 Å². The quantitative estimate of drug-likeness (QED) is 0.479. The Kier molecular flexibility index (Phi) is 5.22. The van der Waals surface area contributed by atoms with Crippen molar-refractivity contribution in [2.45, 2.75) is 0 Å². The summed E-state index contributed by atoms with van der Waals surface area (Å²) in [6.07, 6.45) is 0. The smallest absolute Gasteiger partial charge is 0.249 e. The van der Waals surface area contributed by atoms with Crippen molar-refractivity contribution >= 4 is 40.0 Å². The molecule has 0 fully saturated rings. The Hall–Kier alpha value is -2.27. The number of nitrogens with one attached hydrogen (secondary N) is 1. The van der Waals surface area contributed by atoms with Gasteiger partial charge in [0, 0.05) is 14.8 Å². The Bertz CT molecular complexity index is 736. The largest absolute Gasteiger partial charge is 0.325 e. The number of hydrogen-bond donors (Lipinski definition) is 1. The highest BCUT2D eigenvalue weighted by atomic mass is 127. The molecule has 0 saturated carbocycles. The van der Waals surface area contributed by atoms with Crippen LogP contribution in [0.5, 0.6) is 0 Å². The molecule has 6 heteroatoms. The number of Topliss-reactive ketones (excluding diaryl/α,β-unsaturated/α-hetero) is 1. The average Bonchev–Trinajstić information content (AvgIpc) is 2.51. The third-order valence-electron chi connectivity index (χ3n) is 2.89. The molecule has 110 valence electrons. The lowest BCUT2D eigenvalue weighted by atomic mass is 9.98. The van der Waals surface area contributed by atoms with Crippen molar-refractivity contribution in [2.75, 3.05) is 5.32 Å².